The summed E-state index contributed by atoms with van der Waals surface area (Å²) in [6.45, 7) is 0. The van der Waals surface area contributed by atoms with Crippen LogP contribution in [0.15, 0.2) is 22.2 Å². The Labute approximate surface area is 100 Å². The number of hydrazone groups is 1. The highest BCUT2D eigenvalue weighted by atomic mass is 19.4. The van der Waals surface area contributed by atoms with Gasteiger partial charge in [-0.1, -0.05) is 6.08 Å². The zero-order valence-corrected chi connectivity index (χ0v) is 8.73. The zero-order valence-electron chi connectivity index (χ0n) is 8.73. The van der Waals surface area contributed by atoms with Crippen LogP contribution in [-0.2, 0) is 0 Å². The molecule has 1 atom stereocenters. The summed E-state index contributed by atoms with van der Waals surface area (Å²) in [7, 11) is 0. The largest absolute Gasteiger partial charge is 0.459 e. The molecular weight excluding hydrogens is 290 g/mol. The van der Waals surface area contributed by atoms with E-state index >= 15 is 0 Å². The Hall–Kier alpha value is -1.68. The average Bonchev–Trinajstić information content (AvgIpc) is 2.25. The number of halogens is 8. The number of allylic oxidation sites excluding steroid dienone is 1. The number of nitrogens with zero attached hydrogens (tertiary/aromatic N) is 2. The van der Waals surface area contributed by atoms with Gasteiger partial charge in [-0.05, 0) is 6.08 Å². The number of hydrogen-bond acceptors (Lipinski definition) is 2. The van der Waals surface area contributed by atoms with Crippen molar-refractivity contribution >= 4 is 11.5 Å². The van der Waals surface area contributed by atoms with Gasteiger partial charge in [0, 0.05) is 0 Å². The molecule has 19 heavy (non-hydrogen) atoms. The van der Waals surface area contributed by atoms with Crippen LogP contribution in [0.2, 0.25) is 0 Å². The van der Waals surface area contributed by atoms with Crippen molar-refractivity contribution in [3.63, 3.8) is 0 Å². The predicted molar refractivity (Wildman–Crippen MR) is 48.7 cm³/mol. The first kappa shape index (κ1) is 15.4. The summed E-state index contributed by atoms with van der Waals surface area (Å²) in [6.07, 6.45) is -11.0. The van der Waals surface area contributed by atoms with E-state index in [1.807, 2.05) is 0 Å². The molecule has 0 aromatic heterocycles. The fourth-order valence-corrected chi connectivity index (χ4v) is 1.25. The molecule has 0 radical (unpaired) electrons. The summed E-state index contributed by atoms with van der Waals surface area (Å²) in [5, 5.41) is 2.68. The molecule has 108 valence electrons. The molecule has 0 spiro atoms. The molecule has 0 aromatic rings. The van der Waals surface area contributed by atoms with Gasteiger partial charge in [0.1, 0.15) is 11.6 Å². The molecule has 1 heterocycles. The highest BCUT2D eigenvalue weighted by Gasteiger charge is 2.65. The second-order valence-electron chi connectivity index (χ2n) is 3.43. The SMILES string of the molecule is N/N=C1\C=CC(C(F)(F)F)C(C(F)(F)C(F)(F)F)=N1. The van der Waals surface area contributed by atoms with Crippen molar-refractivity contribution in [1.29, 1.82) is 0 Å². The minimum atomic E-state index is -6.21. The fourth-order valence-electron chi connectivity index (χ4n) is 1.25. The van der Waals surface area contributed by atoms with Gasteiger partial charge in [-0.3, -0.25) is 0 Å². The smallest absolute Gasteiger partial charge is 0.321 e. The molecule has 1 rings (SSSR count). The van der Waals surface area contributed by atoms with Gasteiger partial charge in [-0.25, -0.2) is 4.99 Å². The summed E-state index contributed by atoms with van der Waals surface area (Å²) >= 11 is 0. The minimum absolute atomic E-state index is 0.0909. The van der Waals surface area contributed by atoms with Gasteiger partial charge < -0.3 is 5.84 Å². The Bertz CT molecular complexity index is 442. The second-order valence-corrected chi connectivity index (χ2v) is 3.43. The van der Waals surface area contributed by atoms with Crippen molar-refractivity contribution in [2.45, 2.75) is 18.3 Å². The van der Waals surface area contributed by atoms with Crippen molar-refractivity contribution in [2.24, 2.45) is 21.9 Å². The maximum absolute atomic E-state index is 13.0. The predicted octanol–water partition coefficient (Wildman–Crippen LogP) is 2.65. The first-order valence-electron chi connectivity index (χ1n) is 4.47. The standard InChI is InChI=1S/C8H5F8N3/c9-6(10,8(14,15)16)5-3(7(11,12)13)1-2-4(18-5)19-17/h1-3H,17H2/b19-4+. The van der Waals surface area contributed by atoms with Crippen LogP contribution in [-0.4, -0.2) is 29.8 Å². The molecule has 1 unspecified atom stereocenters. The van der Waals surface area contributed by atoms with Gasteiger partial charge in [0.15, 0.2) is 5.84 Å². The van der Waals surface area contributed by atoms with Gasteiger partial charge in [0.05, 0.1) is 0 Å². The molecule has 0 saturated carbocycles. The van der Waals surface area contributed by atoms with Crippen LogP contribution >= 0.6 is 0 Å². The van der Waals surface area contributed by atoms with Gasteiger partial charge in [0.25, 0.3) is 0 Å². The first-order valence-corrected chi connectivity index (χ1v) is 4.47. The molecule has 0 saturated heterocycles. The number of dihydropyridines is 1. The minimum Gasteiger partial charge on any atom is -0.321 e. The molecule has 0 aromatic carbocycles. The lowest BCUT2D eigenvalue weighted by atomic mass is 9.94. The van der Waals surface area contributed by atoms with E-state index in [2.05, 4.69) is 15.9 Å². The van der Waals surface area contributed by atoms with Crippen molar-refractivity contribution in [3.8, 4) is 0 Å². The lowest BCUT2D eigenvalue weighted by molar-refractivity contribution is -0.253. The highest BCUT2D eigenvalue weighted by molar-refractivity contribution is 6.10. The third-order valence-electron chi connectivity index (χ3n) is 2.13. The molecule has 0 bridgehead atoms. The number of nitrogens with two attached hydrogens (primary N) is 1. The van der Waals surface area contributed by atoms with Crippen LogP contribution in [0.5, 0.6) is 0 Å². The van der Waals surface area contributed by atoms with Crippen LogP contribution in [0.1, 0.15) is 0 Å². The molecule has 2 N–H and O–H groups in total. The number of alkyl halides is 8. The summed E-state index contributed by atoms with van der Waals surface area (Å²) in [6, 6.07) is 0. The van der Waals surface area contributed by atoms with E-state index in [0.717, 1.165) is 0 Å². The maximum Gasteiger partial charge on any atom is 0.459 e. The first-order chi connectivity index (χ1) is 8.41. The summed E-state index contributed by atoms with van der Waals surface area (Å²) < 4.78 is 99.7. The molecule has 3 nitrogen and oxygen atoms in total. The Balaban J connectivity index is 3.36. The molecule has 11 heteroatoms. The van der Waals surface area contributed by atoms with E-state index in [9.17, 15) is 35.1 Å². The highest BCUT2D eigenvalue weighted by Crippen LogP contribution is 2.43. The molecule has 0 aliphatic carbocycles. The quantitative estimate of drug-likeness (QED) is 0.451. The lowest BCUT2D eigenvalue weighted by Gasteiger charge is -2.28. The van der Waals surface area contributed by atoms with Crippen LogP contribution in [0.25, 0.3) is 0 Å². The number of aliphatic imine (C=N–C) groups is 1. The van der Waals surface area contributed by atoms with Crippen LogP contribution < -0.4 is 5.84 Å². The van der Waals surface area contributed by atoms with Gasteiger partial charge in [-0.15, -0.1) is 0 Å². The van der Waals surface area contributed by atoms with Crippen molar-refractivity contribution in [2.75, 3.05) is 0 Å². The Morgan fingerprint density at radius 3 is 1.95 bits per heavy atom. The fraction of sp³-hybridized carbons (Fsp3) is 0.500. The van der Waals surface area contributed by atoms with E-state index in [1.54, 1.807) is 0 Å². The molecular formula is C8H5F8N3. The number of rotatable bonds is 1. The lowest BCUT2D eigenvalue weighted by Crippen LogP contribution is -2.51. The Morgan fingerprint density at radius 2 is 1.58 bits per heavy atom. The van der Waals surface area contributed by atoms with Gasteiger partial charge >= 0.3 is 18.3 Å². The van der Waals surface area contributed by atoms with Crippen molar-refractivity contribution in [3.05, 3.63) is 12.2 Å². The molecule has 1 aliphatic rings. The number of amidine groups is 1. The summed E-state index contributed by atoms with van der Waals surface area (Å²) in [5.41, 5.74) is -2.40. The Morgan fingerprint density at radius 1 is 1.05 bits per heavy atom. The van der Waals surface area contributed by atoms with Crippen LogP contribution in [0, 0.1) is 5.92 Å². The monoisotopic (exact) mass is 295 g/mol. The molecule has 0 amide bonds. The summed E-state index contributed by atoms with van der Waals surface area (Å²) in [4.78, 5) is 2.55. The third kappa shape index (κ3) is 2.84. The summed E-state index contributed by atoms with van der Waals surface area (Å²) in [5.74, 6) is -5.17. The zero-order chi connectivity index (χ0) is 15.1. The van der Waals surface area contributed by atoms with Gasteiger partial charge in [0.2, 0.25) is 0 Å². The average molecular weight is 295 g/mol. The van der Waals surface area contributed by atoms with Crippen molar-refractivity contribution in [1.82, 2.24) is 0 Å². The van der Waals surface area contributed by atoms with Gasteiger partial charge in [-0.2, -0.15) is 40.2 Å². The van der Waals surface area contributed by atoms with E-state index in [4.69, 9.17) is 0 Å². The van der Waals surface area contributed by atoms with E-state index in [1.165, 1.54) is 0 Å². The second kappa shape index (κ2) is 4.46. The van der Waals surface area contributed by atoms with Crippen molar-refractivity contribution < 1.29 is 35.1 Å². The molecule has 0 fully saturated rings. The Kier molecular flexibility index (Phi) is 3.61. The maximum atomic E-state index is 13.0. The topological polar surface area (TPSA) is 50.7 Å². The molecule has 1 aliphatic heterocycles. The van der Waals surface area contributed by atoms with Crippen LogP contribution in [0.3, 0.4) is 0 Å². The van der Waals surface area contributed by atoms with E-state index in [0.29, 0.717) is 6.08 Å². The van der Waals surface area contributed by atoms with E-state index in [-0.39, 0.29) is 6.08 Å². The number of hydrogen-bond donors (Lipinski definition) is 1. The third-order valence-corrected chi connectivity index (χ3v) is 2.13. The van der Waals surface area contributed by atoms with E-state index < -0.39 is 35.7 Å². The van der Waals surface area contributed by atoms with Crippen LogP contribution in [0.4, 0.5) is 35.1 Å². The normalized spacial score (nSPS) is 23.7.